The average molecular weight is 367 g/mol. The normalized spacial score (nSPS) is 15.7. The average Bonchev–Trinajstić information content (AvgIpc) is 2.70. The molecule has 0 bridgehead atoms. The van der Waals surface area contributed by atoms with Crippen LogP contribution in [-0.4, -0.2) is 67.6 Å². The van der Waals surface area contributed by atoms with E-state index in [9.17, 15) is 4.79 Å². The van der Waals surface area contributed by atoms with Crippen LogP contribution in [0.1, 0.15) is 17.2 Å². The first kappa shape index (κ1) is 19.2. The van der Waals surface area contributed by atoms with Crippen molar-refractivity contribution in [1.82, 2.24) is 20.1 Å². The van der Waals surface area contributed by atoms with Crippen molar-refractivity contribution in [3.8, 4) is 0 Å². The number of likely N-dealkylation sites (N-methyl/N-ethyl adjacent to an activating group) is 1. The van der Waals surface area contributed by atoms with Gasteiger partial charge in [-0.15, -0.1) is 0 Å². The van der Waals surface area contributed by atoms with Gasteiger partial charge in [0.05, 0.1) is 6.04 Å². The molecule has 2 amide bonds. The first-order valence-electron chi connectivity index (χ1n) is 9.45. The van der Waals surface area contributed by atoms with Gasteiger partial charge in [0.25, 0.3) is 0 Å². The van der Waals surface area contributed by atoms with Gasteiger partial charge >= 0.3 is 6.03 Å². The van der Waals surface area contributed by atoms with Gasteiger partial charge in [0.2, 0.25) is 0 Å². The van der Waals surface area contributed by atoms with Crippen molar-refractivity contribution in [1.29, 1.82) is 0 Å². The summed E-state index contributed by atoms with van der Waals surface area (Å²) in [5, 5.41) is 3.12. The fraction of sp³-hybridized carbons (Fsp3) is 0.429. The number of nitrogens with zero attached hydrogens (tertiary/aromatic N) is 4. The van der Waals surface area contributed by atoms with E-state index in [1.807, 2.05) is 31.1 Å². The Kier molecular flexibility index (Phi) is 6.29. The molecule has 1 N–H and O–H groups in total. The molecule has 1 unspecified atom stereocenters. The molecule has 2 aromatic rings. The lowest BCUT2D eigenvalue weighted by molar-refractivity contribution is 0.189. The number of hydrogen-bond donors (Lipinski definition) is 1. The molecule has 0 aliphatic carbocycles. The zero-order chi connectivity index (χ0) is 19.2. The van der Waals surface area contributed by atoms with Gasteiger partial charge in [-0.25, -0.2) is 4.79 Å². The SMILES string of the molecule is Cc1ccc(C(CNC(=O)N2CCN(c3ccncc3)CC2)N(C)C)cc1. The fourth-order valence-electron chi connectivity index (χ4n) is 3.41. The van der Waals surface area contributed by atoms with Gasteiger partial charge in [-0.3, -0.25) is 4.98 Å². The Balaban J connectivity index is 1.52. The van der Waals surface area contributed by atoms with E-state index in [2.05, 4.69) is 51.3 Å². The number of anilines is 1. The lowest BCUT2D eigenvalue weighted by Gasteiger charge is -2.36. The molecule has 1 aromatic heterocycles. The second-order valence-corrected chi connectivity index (χ2v) is 7.26. The van der Waals surface area contributed by atoms with Gasteiger partial charge in [-0.05, 0) is 38.7 Å². The molecule has 2 heterocycles. The van der Waals surface area contributed by atoms with Crippen molar-refractivity contribution in [2.45, 2.75) is 13.0 Å². The Hall–Kier alpha value is -2.60. The van der Waals surface area contributed by atoms with Crippen LogP contribution in [0.25, 0.3) is 0 Å². The molecule has 1 aliphatic rings. The van der Waals surface area contributed by atoms with E-state index in [0.29, 0.717) is 6.54 Å². The van der Waals surface area contributed by atoms with Gasteiger partial charge in [-0.1, -0.05) is 29.8 Å². The number of benzene rings is 1. The summed E-state index contributed by atoms with van der Waals surface area (Å²) in [6.07, 6.45) is 3.61. The summed E-state index contributed by atoms with van der Waals surface area (Å²) >= 11 is 0. The summed E-state index contributed by atoms with van der Waals surface area (Å²) in [5.41, 5.74) is 3.62. The minimum absolute atomic E-state index is 0.0170. The van der Waals surface area contributed by atoms with Crippen molar-refractivity contribution in [2.75, 3.05) is 51.7 Å². The van der Waals surface area contributed by atoms with Crippen molar-refractivity contribution in [3.63, 3.8) is 0 Å². The van der Waals surface area contributed by atoms with E-state index in [0.717, 1.165) is 31.9 Å². The maximum Gasteiger partial charge on any atom is 0.317 e. The number of rotatable bonds is 5. The van der Waals surface area contributed by atoms with Crippen LogP contribution < -0.4 is 10.2 Å². The van der Waals surface area contributed by atoms with E-state index in [1.165, 1.54) is 11.1 Å². The lowest BCUT2D eigenvalue weighted by Crippen LogP contribution is -2.52. The first-order valence-corrected chi connectivity index (χ1v) is 9.45. The number of amides is 2. The highest BCUT2D eigenvalue weighted by Gasteiger charge is 2.22. The summed E-state index contributed by atoms with van der Waals surface area (Å²) in [4.78, 5) is 23.0. The smallest absolute Gasteiger partial charge is 0.317 e. The summed E-state index contributed by atoms with van der Waals surface area (Å²) in [6.45, 7) is 5.82. The van der Waals surface area contributed by atoms with Gasteiger partial charge in [0.15, 0.2) is 0 Å². The number of hydrogen-bond acceptors (Lipinski definition) is 4. The summed E-state index contributed by atoms with van der Waals surface area (Å²) < 4.78 is 0. The van der Waals surface area contributed by atoms with E-state index < -0.39 is 0 Å². The molecule has 1 saturated heterocycles. The van der Waals surface area contributed by atoms with E-state index in [4.69, 9.17) is 0 Å². The molecular weight excluding hydrogens is 338 g/mol. The van der Waals surface area contributed by atoms with Crippen LogP contribution in [0.2, 0.25) is 0 Å². The summed E-state index contributed by atoms with van der Waals surface area (Å²) in [5.74, 6) is 0. The third-order valence-electron chi connectivity index (χ3n) is 5.13. The zero-order valence-electron chi connectivity index (χ0n) is 16.4. The monoisotopic (exact) mass is 367 g/mol. The highest BCUT2D eigenvalue weighted by molar-refractivity contribution is 5.74. The molecule has 6 nitrogen and oxygen atoms in total. The maximum absolute atomic E-state index is 12.6. The zero-order valence-corrected chi connectivity index (χ0v) is 16.4. The van der Waals surface area contributed by atoms with Crippen LogP contribution in [0, 0.1) is 6.92 Å². The van der Waals surface area contributed by atoms with Crippen LogP contribution >= 0.6 is 0 Å². The lowest BCUT2D eigenvalue weighted by atomic mass is 10.0. The van der Waals surface area contributed by atoms with Gasteiger partial charge in [0, 0.05) is 50.8 Å². The van der Waals surface area contributed by atoms with E-state index >= 15 is 0 Å². The largest absolute Gasteiger partial charge is 0.368 e. The predicted molar refractivity (Wildman–Crippen MR) is 109 cm³/mol. The molecule has 1 aliphatic heterocycles. The number of carbonyl (C=O) groups is 1. The molecule has 1 atom stereocenters. The molecule has 3 rings (SSSR count). The quantitative estimate of drug-likeness (QED) is 0.882. The van der Waals surface area contributed by atoms with Crippen LogP contribution in [0.15, 0.2) is 48.8 Å². The summed E-state index contributed by atoms with van der Waals surface area (Å²) in [6, 6.07) is 12.7. The van der Waals surface area contributed by atoms with Crippen molar-refractivity contribution < 1.29 is 4.79 Å². The highest BCUT2D eigenvalue weighted by Crippen LogP contribution is 2.18. The number of nitrogens with one attached hydrogen (secondary N) is 1. The van der Waals surface area contributed by atoms with Gasteiger partial charge < -0.3 is 20.0 Å². The molecule has 6 heteroatoms. The Morgan fingerprint density at radius 1 is 1.07 bits per heavy atom. The molecular formula is C21H29N5O. The van der Waals surface area contributed by atoms with Crippen molar-refractivity contribution in [3.05, 3.63) is 59.9 Å². The third-order valence-corrected chi connectivity index (χ3v) is 5.13. The van der Waals surface area contributed by atoms with Crippen LogP contribution in [-0.2, 0) is 0 Å². The molecule has 144 valence electrons. The first-order chi connectivity index (χ1) is 13.0. The Labute approximate surface area is 161 Å². The van der Waals surface area contributed by atoms with Crippen LogP contribution in [0.5, 0.6) is 0 Å². The fourth-order valence-corrected chi connectivity index (χ4v) is 3.41. The van der Waals surface area contributed by atoms with Gasteiger partial charge in [0.1, 0.15) is 0 Å². The third kappa shape index (κ3) is 4.98. The predicted octanol–water partition coefficient (Wildman–Crippen LogP) is 2.52. The molecule has 27 heavy (non-hydrogen) atoms. The molecule has 0 saturated carbocycles. The van der Waals surface area contributed by atoms with Crippen molar-refractivity contribution >= 4 is 11.7 Å². The number of urea groups is 1. The number of pyridine rings is 1. The number of piperazine rings is 1. The van der Waals surface area contributed by atoms with Crippen molar-refractivity contribution in [2.24, 2.45) is 0 Å². The van der Waals surface area contributed by atoms with Crippen LogP contribution in [0.4, 0.5) is 10.5 Å². The standard InChI is InChI=1S/C21H29N5O/c1-17-4-6-18(7-5-17)20(24(2)3)16-23-21(27)26-14-12-25(13-15-26)19-8-10-22-11-9-19/h4-11,20H,12-16H2,1-3H3,(H,23,27). The Morgan fingerprint density at radius 3 is 2.30 bits per heavy atom. The second-order valence-electron chi connectivity index (χ2n) is 7.26. The van der Waals surface area contributed by atoms with Crippen LogP contribution in [0.3, 0.4) is 0 Å². The highest BCUT2D eigenvalue weighted by atomic mass is 16.2. The van der Waals surface area contributed by atoms with Gasteiger partial charge in [-0.2, -0.15) is 0 Å². The minimum atomic E-state index is 0.0170. The topological polar surface area (TPSA) is 51.7 Å². The number of carbonyl (C=O) groups excluding carboxylic acids is 1. The second kappa shape index (κ2) is 8.86. The van der Waals surface area contributed by atoms with E-state index in [-0.39, 0.29) is 12.1 Å². The summed E-state index contributed by atoms with van der Waals surface area (Å²) in [7, 11) is 4.09. The minimum Gasteiger partial charge on any atom is -0.368 e. The Morgan fingerprint density at radius 2 is 1.70 bits per heavy atom. The number of aryl methyl sites for hydroxylation is 1. The number of aromatic nitrogens is 1. The van der Waals surface area contributed by atoms with E-state index in [1.54, 1.807) is 12.4 Å². The Bertz CT molecular complexity index is 724. The molecule has 0 radical (unpaired) electrons. The molecule has 1 fully saturated rings. The molecule has 1 aromatic carbocycles. The molecule has 0 spiro atoms. The maximum atomic E-state index is 12.6.